The average Bonchev–Trinajstić information content (AvgIpc) is 3.23. The second-order valence-corrected chi connectivity index (χ2v) is 11.4. The van der Waals surface area contributed by atoms with Gasteiger partial charge in [-0.15, -0.1) is 0 Å². The predicted octanol–water partition coefficient (Wildman–Crippen LogP) is 10.8. The highest BCUT2D eigenvalue weighted by Crippen LogP contribution is 2.55. The highest BCUT2D eigenvalue weighted by molar-refractivity contribution is 6.14. The Morgan fingerprint density at radius 2 is 0.949 bits per heavy atom. The predicted molar refractivity (Wildman–Crippen MR) is 167 cm³/mol. The zero-order valence-corrected chi connectivity index (χ0v) is 22.2. The van der Waals surface area contributed by atoms with Gasteiger partial charge in [0.2, 0.25) is 0 Å². The van der Waals surface area contributed by atoms with Crippen molar-refractivity contribution in [3.63, 3.8) is 0 Å². The minimum atomic E-state index is -0.0709. The van der Waals surface area contributed by atoms with E-state index < -0.39 is 0 Å². The van der Waals surface area contributed by atoms with E-state index >= 15 is 0 Å². The molecule has 0 heteroatoms. The lowest BCUT2D eigenvalue weighted by Gasteiger charge is -2.23. The first-order valence-corrected chi connectivity index (χ1v) is 13.8. The summed E-state index contributed by atoms with van der Waals surface area (Å²) < 4.78 is 0. The molecule has 0 nitrogen and oxygen atoms in total. The lowest BCUT2D eigenvalue weighted by Crippen LogP contribution is -2.15. The molecule has 0 unspecified atom stereocenters. The van der Waals surface area contributed by atoms with Gasteiger partial charge in [0.1, 0.15) is 0 Å². The monoisotopic (exact) mass is 496 g/mol. The van der Waals surface area contributed by atoms with Crippen LogP contribution in [-0.2, 0) is 5.41 Å². The number of hydrogen-bond donors (Lipinski definition) is 0. The van der Waals surface area contributed by atoms with Gasteiger partial charge < -0.3 is 0 Å². The first kappa shape index (κ1) is 22.3. The molecule has 0 aliphatic heterocycles. The van der Waals surface area contributed by atoms with Crippen molar-refractivity contribution in [2.45, 2.75) is 19.3 Å². The van der Waals surface area contributed by atoms with E-state index in [1.54, 1.807) is 0 Å². The highest BCUT2D eigenvalue weighted by Gasteiger charge is 2.38. The summed E-state index contributed by atoms with van der Waals surface area (Å²) in [5.41, 5.74) is 10.6. The molecule has 0 aromatic heterocycles. The lowest BCUT2D eigenvalue weighted by molar-refractivity contribution is 0.661. The SMILES string of the molecule is CC1(C)c2ccc3ccccc3c2-c2c1cc(-c1ccc(-c3ccc4ccccc4c3)cc1)c1ccccc21. The first-order valence-electron chi connectivity index (χ1n) is 13.8. The lowest BCUT2D eigenvalue weighted by atomic mass is 9.80. The van der Waals surface area contributed by atoms with E-state index in [1.165, 1.54) is 76.8 Å². The molecule has 0 radical (unpaired) electrons. The van der Waals surface area contributed by atoms with Gasteiger partial charge in [-0.25, -0.2) is 0 Å². The fourth-order valence-corrected chi connectivity index (χ4v) is 6.79. The number of benzene rings is 7. The van der Waals surface area contributed by atoms with Crippen LogP contribution in [0.5, 0.6) is 0 Å². The van der Waals surface area contributed by atoms with Crippen LogP contribution in [0.4, 0.5) is 0 Å². The molecule has 0 heterocycles. The molecule has 7 aromatic rings. The molecule has 1 aliphatic rings. The number of hydrogen-bond acceptors (Lipinski definition) is 0. The van der Waals surface area contributed by atoms with E-state index in [9.17, 15) is 0 Å². The van der Waals surface area contributed by atoms with Gasteiger partial charge in [-0.2, -0.15) is 0 Å². The summed E-state index contributed by atoms with van der Waals surface area (Å²) in [5, 5.41) is 7.85. The van der Waals surface area contributed by atoms with Crippen LogP contribution in [-0.4, -0.2) is 0 Å². The quantitative estimate of drug-likeness (QED) is 0.223. The van der Waals surface area contributed by atoms with Crippen LogP contribution >= 0.6 is 0 Å². The number of rotatable bonds is 2. The van der Waals surface area contributed by atoms with Crippen molar-refractivity contribution < 1.29 is 0 Å². The Morgan fingerprint density at radius 3 is 1.74 bits per heavy atom. The third-order valence-electron chi connectivity index (χ3n) is 8.85. The third kappa shape index (κ3) is 3.25. The third-order valence-corrected chi connectivity index (χ3v) is 8.85. The zero-order valence-electron chi connectivity index (χ0n) is 22.2. The van der Waals surface area contributed by atoms with E-state index in [1.807, 2.05) is 0 Å². The maximum absolute atomic E-state index is 2.47. The smallest absolute Gasteiger partial charge is 0.0159 e. The molecule has 8 rings (SSSR count). The van der Waals surface area contributed by atoms with Gasteiger partial charge in [0.25, 0.3) is 0 Å². The van der Waals surface area contributed by atoms with Crippen molar-refractivity contribution in [2.24, 2.45) is 0 Å². The molecule has 0 spiro atoms. The minimum Gasteiger partial charge on any atom is -0.0616 e. The topological polar surface area (TPSA) is 0 Å². The van der Waals surface area contributed by atoms with Crippen LogP contribution < -0.4 is 0 Å². The molecule has 0 atom stereocenters. The van der Waals surface area contributed by atoms with Gasteiger partial charge in [-0.3, -0.25) is 0 Å². The fourth-order valence-electron chi connectivity index (χ4n) is 6.79. The Bertz CT molecular complexity index is 2070. The maximum Gasteiger partial charge on any atom is 0.0159 e. The van der Waals surface area contributed by atoms with Gasteiger partial charge in [0.15, 0.2) is 0 Å². The normalized spacial score (nSPS) is 13.6. The van der Waals surface area contributed by atoms with Crippen molar-refractivity contribution >= 4 is 32.3 Å². The summed E-state index contributed by atoms with van der Waals surface area (Å²) >= 11 is 0. The molecule has 0 saturated carbocycles. The van der Waals surface area contributed by atoms with Crippen LogP contribution in [0, 0.1) is 0 Å². The van der Waals surface area contributed by atoms with Crippen molar-refractivity contribution in [1.82, 2.24) is 0 Å². The summed E-state index contributed by atoms with van der Waals surface area (Å²) in [6, 6.07) is 49.3. The minimum absolute atomic E-state index is 0.0709. The van der Waals surface area contributed by atoms with Gasteiger partial charge >= 0.3 is 0 Å². The van der Waals surface area contributed by atoms with Crippen LogP contribution in [0.2, 0.25) is 0 Å². The standard InChI is InChI=1S/C39H28/c1-39(2)35-22-21-27-10-5-6-12-31(27)37(35)38-33-14-8-7-13-32(33)34(24-36(38)39)28-18-15-26(16-19-28)30-20-17-25-9-3-4-11-29(25)23-30/h3-24H,1-2H3. The Balaban J connectivity index is 1.32. The Morgan fingerprint density at radius 1 is 0.385 bits per heavy atom. The largest absolute Gasteiger partial charge is 0.0616 e. The van der Waals surface area contributed by atoms with Crippen LogP contribution in [0.3, 0.4) is 0 Å². The van der Waals surface area contributed by atoms with E-state index in [-0.39, 0.29) is 5.41 Å². The Hall–Kier alpha value is -4.68. The van der Waals surface area contributed by atoms with E-state index in [4.69, 9.17) is 0 Å². The summed E-state index contributed by atoms with van der Waals surface area (Å²) in [6.45, 7) is 4.77. The van der Waals surface area contributed by atoms with E-state index in [0.717, 1.165) is 0 Å². The van der Waals surface area contributed by atoms with Gasteiger partial charge in [-0.1, -0.05) is 135 Å². The number of fused-ring (bicyclic) bond motifs is 8. The Labute approximate surface area is 229 Å². The molecule has 39 heavy (non-hydrogen) atoms. The van der Waals surface area contributed by atoms with E-state index in [2.05, 4.69) is 147 Å². The maximum atomic E-state index is 2.47. The first-order chi connectivity index (χ1) is 19.1. The molecular formula is C39H28. The summed E-state index contributed by atoms with van der Waals surface area (Å²) in [4.78, 5) is 0. The molecular weight excluding hydrogens is 468 g/mol. The molecule has 0 amide bonds. The summed E-state index contributed by atoms with van der Waals surface area (Å²) in [6.07, 6.45) is 0. The van der Waals surface area contributed by atoms with Gasteiger partial charge in [0, 0.05) is 5.41 Å². The van der Waals surface area contributed by atoms with Gasteiger partial charge in [-0.05, 0) is 89.0 Å². The summed E-state index contributed by atoms with van der Waals surface area (Å²) in [7, 11) is 0. The second-order valence-electron chi connectivity index (χ2n) is 11.4. The summed E-state index contributed by atoms with van der Waals surface area (Å²) in [5.74, 6) is 0. The molecule has 0 saturated heterocycles. The molecule has 0 bridgehead atoms. The highest BCUT2D eigenvalue weighted by atomic mass is 14.4. The molecule has 1 aliphatic carbocycles. The average molecular weight is 497 g/mol. The molecule has 7 aromatic carbocycles. The van der Waals surface area contributed by atoms with Gasteiger partial charge in [0.05, 0.1) is 0 Å². The Kier molecular flexibility index (Phi) is 4.67. The second kappa shape index (κ2) is 8.16. The van der Waals surface area contributed by atoms with Crippen molar-refractivity contribution in [2.75, 3.05) is 0 Å². The van der Waals surface area contributed by atoms with Crippen LogP contribution in [0.1, 0.15) is 25.0 Å². The fraction of sp³-hybridized carbons (Fsp3) is 0.0769. The zero-order chi connectivity index (χ0) is 26.1. The van der Waals surface area contributed by atoms with E-state index in [0.29, 0.717) is 0 Å². The van der Waals surface area contributed by atoms with Crippen molar-refractivity contribution in [3.8, 4) is 33.4 Å². The molecule has 0 fully saturated rings. The van der Waals surface area contributed by atoms with Crippen LogP contribution in [0.15, 0.2) is 133 Å². The molecule has 184 valence electrons. The van der Waals surface area contributed by atoms with Crippen molar-refractivity contribution in [1.29, 1.82) is 0 Å². The van der Waals surface area contributed by atoms with Crippen molar-refractivity contribution in [3.05, 3.63) is 145 Å². The molecule has 0 N–H and O–H groups in total. The van der Waals surface area contributed by atoms with Crippen LogP contribution in [0.25, 0.3) is 65.7 Å².